The Kier molecular flexibility index (Phi) is 4.88. The van der Waals surface area contributed by atoms with E-state index in [0.717, 1.165) is 11.1 Å². The summed E-state index contributed by atoms with van der Waals surface area (Å²) in [7, 11) is 0. The van der Waals surface area contributed by atoms with Crippen molar-refractivity contribution < 1.29 is 22.3 Å². The van der Waals surface area contributed by atoms with E-state index in [1.54, 1.807) is 24.3 Å². The molecule has 1 nitrogen and oxygen atoms in total. The molecule has 2 aromatic rings. The van der Waals surface area contributed by atoms with Crippen LogP contribution in [-0.4, -0.2) is 6.36 Å². The first kappa shape index (κ1) is 15.8. The monoisotopic (exact) mass is 362 g/mol. The first-order valence-electron chi connectivity index (χ1n) is 6.08. The van der Waals surface area contributed by atoms with Crippen molar-refractivity contribution in [2.75, 3.05) is 0 Å². The fourth-order valence-electron chi connectivity index (χ4n) is 1.82. The van der Waals surface area contributed by atoms with Crippen molar-refractivity contribution in [1.82, 2.24) is 0 Å². The number of halogens is 5. The molecule has 2 aromatic carbocycles. The van der Waals surface area contributed by atoms with E-state index in [1.807, 2.05) is 0 Å². The van der Waals surface area contributed by atoms with Crippen molar-refractivity contribution >= 4 is 15.9 Å². The molecule has 0 saturated carbocycles. The molecule has 0 amide bonds. The van der Waals surface area contributed by atoms with Crippen LogP contribution in [0, 0.1) is 5.82 Å². The molecule has 0 aliphatic rings. The van der Waals surface area contributed by atoms with Crippen LogP contribution >= 0.6 is 15.9 Å². The minimum atomic E-state index is -4.69. The third kappa shape index (κ3) is 5.04. The summed E-state index contributed by atoms with van der Waals surface area (Å²) in [5.74, 6) is -0.564. The third-order valence-electron chi connectivity index (χ3n) is 2.80. The molecule has 2 rings (SSSR count). The van der Waals surface area contributed by atoms with Crippen molar-refractivity contribution in [3.63, 3.8) is 0 Å². The Labute approximate surface area is 127 Å². The highest BCUT2D eigenvalue weighted by Crippen LogP contribution is 2.30. The van der Waals surface area contributed by atoms with Gasteiger partial charge in [-0.1, -0.05) is 40.2 Å². The highest BCUT2D eigenvalue weighted by molar-refractivity contribution is 9.09. The van der Waals surface area contributed by atoms with Crippen LogP contribution in [0.5, 0.6) is 5.75 Å². The van der Waals surface area contributed by atoms with Crippen LogP contribution < -0.4 is 4.74 Å². The van der Waals surface area contributed by atoms with E-state index in [2.05, 4.69) is 20.7 Å². The van der Waals surface area contributed by atoms with Crippen molar-refractivity contribution in [2.24, 2.45) is 0 Å². The Bertz CT molecular complexity index is 578. The van der Waals surface area contributed by atoms with E-state index < -0.39 is 6.36 Å². The lowest BCUT2D eigenvalue weighted by Crippen LogP contribution is -2.17. The maximum absolute atomic E-state index is 12.8. The molecule has 0 aliphatic heterocycles. The van der Waals surface area contributed by atoms with Crippen LogP contribution in [0.25, 0.3) is 0 Å². The fraction of sp³-hybridized carbons (Fsp3) is 0.200. The summed E-state index contributed by atoms with van der Waals surface area (Å²) in [4.78, 5) is -0.0807. The normalized spacial score (nSPS) is 13.0. The molecule has 0 bridgehead atoms. The number of benzene rings is 2. The number of ether oxygens (including phenoxy) is 1. The van der Waals surface area contributed by atoms with Gasteiger partial charge in [-0.25, -0.2) is 4.39 Å². The third-order valence-corrected chi connectivity index (χ3v) is 3.66. The molecule has 1 atom stereocenters. The zero-order valence-corrected chi connectivity index (χ0v) is 12.3. The summed E-state index contributed by atoms with van der Waals surface area (Å²) in [5.41, 5.74) is 1.74. The smallest absolute Gasteiger partial charge is 0.406 e. The van der Waals surface area contributed by atoms with Gasteiger partial charge >= 0.3 is 6.36 Å². The van der Waals surface area contributed by atoms with E-state index in [4.69, 9.17) is 0 Å². The second kappa shape index (κ2) is 6.47. The molecule has 0 aromatic heterocycles. The second-order valence-electron chi connectivity index (χ2n) is 4.41. The molecule has 0 radical (unpaired) electrons. The van der Waals surface area contributed by atoms with E-state index in [9.17, 15) is 17.6 Å². The van der Waals surface area contributed by atoms with Gasteiger partial charge < -0.3 is 4.74 Å². The van der Waals surface area contributed by atoms with Gasteiger partial charge in [0.05, 0.1) is 0 Å². The molecule has 0 N–H and O–H groups in total. The Morgan fingerprint density at radius 3 is 2.05 bits per heavy atom. The molecule has 0 spiro atoms. The van der Waals surface area contributed by atoms with E-state index in [1.165, 1.54) is 24.3 Å². The van der Waals surface area contributed by atoms with E-state index in [-0.39, 0.29) is 16.4 Å². The van der Waals surface area contributed by atoms with Gasteiger partial charge in [-0.05, 0) is 41.8 Å². The average Bonchev–Trinajstić information content (AvgIpc) is 2.40. The summed E-state index contributed by atoms with van der Waals surface area (Å²) >= 11 is 3.47. The van der Waals surface area contributed by atoms with Gasteiger partial charge in [0, 0.05) is 4.83 Å². The first-order valence-corrected chi connectivity index (χ1v) is 6.99. The Morgan fingerprint density at radius 2 is 1.52 bits per heavy atom. The first-order chi connectivity index (χ1) is 9.83. The quantitative estimate of drug-likeness (QED) is 0.522. The second-order valence-corrected chi connectivity index (χ2v) is 5.52. The predicted octanol–water partition coefficient (Wildman–Crippen LogP) is 5.40. The lowest BCUT2D eigenvalue weighted by molar-refractivity contribution is -0.274. The molecular weight excluding hydrogens is 352 g/mol. The minimum Gasteiger partial charge on any atom is -0.406 e. The molecule has 112 valence electrons. The molecule has 21 heavy (non-hydrogen) atoms. The number of hydrogen-bond donors (Lipinski definition) is 0. The van der Waals surface area contributed by atoms with Crippen LogP contribution in [0.2, 0.25) is 0 Å². The van der Waals surface area contributed by atoms with Crippen LogP contribution in [-0.2, 0) is 6.42 Å². The van der Waals surface area contributed by atoms with Crippen LogP contribution in [0.1, 0.15) is 16.0 Å². The summed E-state index contributed by atoms with van der Waals surface area (Å²) in [5, 5.41) is 0. The standard InChI is InChI=1S/C15H11BrF4O/c16-14(9-10-1-5-12(17)6-2-10)11-3-7-13(8-4-11)21-15(18,19)20/h1-8,14H,9H2. The van der Waals surface area contributed by atoms with Crippen LogP contribution in [0.15, 0.2) is 48.5 Å². The lowest BCUT2D eigenvalue weighted by atomic mass is 10.0. The molecular formula is C15H11BrF4O. The highest BCUT2D eigenvalue weighted by Gasteiger charge is 2.31. The summed E-state index contributed by atoms with van der Waals surface area (Å²) in [6.07, 6.45) is -4.09. The number of alkyl halides is 4. The van der Waals surface area contributed by atoms with Gasteiger partial charge in [0.1, 0.15) is 11.6 Å². The lowest BCUT2D eigenvalue weighted by Gasteiger charge is -2.12. The van der Waals surface area contributed by atoms with Gasteiger partial charge in [0.2, 0.25) is 0 Å². The van der Waals surface area contributed by atoms with Gasteiger partial charge in [-0.15, -0.1) is 13.2 Å². The molecule has 0 fully saturated rings. The molecule has 6 heteroatoms. The van der Waals surface area contributed by atoms with Gasteiger partial charge in [-0.3, -0.25) is 0 Å². The number of hydrogen-bond acceptors (Lipinski definition) is 1. The molecule has 1 unspecified atom stereocenters. The summed E-state index contributed by atoms with van der Waals surface area (Å²) < 4.78 is 52.8. The van der Waals surface area contributed by atoms with E-state index in [0.29, 0.717) is 6.42 Å². The molecule has 0 saturated heterocycles. The van der Waals surface area contributed by atoms with E-state index >= 15 is 0 Å². The van der Waals surface area contributed by atoms with Gasteiger partial charge in [-0.2, -0.15) is 0 Å². The van der Waals surface area contributed by atoms with Crippen LogP contribution in [0.3, 0.4) is 0 Å². The SMILES string of the molecule is Fc1ccc(CC(Br)c2ccc(OC(F)(F)F)cc2)cc1. The zero-order valence-electron chi connectivity index (χ0n) is 10.7. The highest BCUT2D eigenvalue weighted by atomic mass is 79.9. The topological polar surface area (TPSA) is 9.23 Å². The maximum Gasteiger partial charge on any atom is 0.573 e. The fourth-order valence-corrected chi connectivity index (χ4v) is 2.50. The largest absolute Gasteiger partial charge is 0.573 e. The Balaban J connectivity index is 2.02. The van der Waals surface area contributed by atoms with Gasteiger partial charge in [0.25, 0.3) is 0 Å². The summed E-state index contributed by atoms with van der Waals surface area (Å²) in [6.45, 7) is 0. The van der Waals surface area contributed by atoms with Crippen molar-refractivity contribution in [2.45, 2.75) is 17.6 Å². The summed E-state index contributed by atoms with van der Waals surface area (Å²) in [6, 6.07) is 11.7. The van der Waals surface area contributed by atoms with Crippen molar-refractivity contribution in [3.05, 3.63) is 65.5 Å². The van der Waals surface area contributed by atoms with Crippen molar-refractivity contribution in [1.29, 1.82) is 0 Å². The maximum atomic E-state index is 12.8. The Morgan fingerprint density at radius 1 is 0.952 bits per heavy atom. The predicted molar refractivity (Wildman–Crippen MR) is 74.9 cm³/mol. The minimum absolute atomic E-state index is 0.0807. The van der Waals surface area contributed by atoms with Gasteiger partial charge in [0.15, 0.2) is 0 Å². The molecule has 0 heterocycles. The van der Waals surface area contributed by atoms with Crippen LogP contribution in [0.4, 0.5) is 17.6 Å². The average molecular weight is 363 g/mol. The Hall–Kier alpha value is -1.56. The molecule has 0 aliphatic carbocycles. The van der Waals surface area contributed by atoms with Crippen molar-refractivity contribution in [3.8, 4) is 5.75 Å². The zero-order chi connectivity index (χ0) is 15.5. The number of rotatable bonds is 4.